The number of alkyl halides is 3. The minimum absolute atomic E-state index is 0.111. The van der Waals surface area contributed by atoms with Gasteiger partial charge in [0.05, 0.1) is 27.8 Å². The number of hydrogen-bond donors (Lipinski definition) is 1. The molecule has 0 aliphatic rings. The fourth-order valence-electron chi connectivity index (χ4n) is 2.79. The van der Waals surface area contributed by atoms with Crippen molar-refractivity contribution in [3.63, 3.8) is 0 Å². The third kappa shape index (κ3) is 3.83. The van der Waals surface area contributed by atoms with Crippen molar-refractivity contribution < 1.29 is 13.2 Å². The maximum absolute atomic E-state index is 13.2. The van der Waals surface area contributed by atoms with Crippen molar-refractivity contribution in [2.45, 2.75) is 19.1 Å². The molecule has 3 heterocycles. The first-order chi connectivity index (χ1) is 13.8. The summed E-state index contributed by atoms with van der Waals surface area (Å²) in [7, 11) is 0. The number of benzene rings is 1. The summed E-state index contributed by atoms with van der Waals surface area (Å²) in [5, 5.41) is 3.12. The second-order valence-electron chi connectivity index (χ2n) is 5.99. The van der Waals surface area contributed by atoms with Gasteiger partial charge in [-0.05, 0) is 30.6 Å². The molecule has 0 spiro atoms. The van der Waals surface area contributed by atoms with Crippen molar-refractivity contribution in [3.8, 4) is 11.5 Å². The molecule has 1 N–H and O–H groups in total. The predicted molar refractivity (Wildman–Crippen MR) is 103 cm³/mol. The summed E-state index contributed by atoms with van der Waals surface area (Å²) in [6.45, 7) is 1.78. The van der Waals surface area contributed by atoms with Crippen LogP contribution in [0.15, 0.2) is 36.4 Å². The smallest absolute Gasteiger partial charge is 0.361 e. The van der Waals surface area contributed by atoms with Crippen molar-refractivity contribution in [2.24, 2.45) is 0 Å². The van der Waals surface area contributed by atoms with Crippen LogP contribution in [0.5, 0.6) is 0 Å². The number of anilines is 1. The molecule has 0 saturated heterocycles. The number of nitrogens with one attached hydrogen (secondary N) is 1. The van der Waals surface area contributed by atoms with Crippen molar-refractivity contribution in [2.75, 3.05) is 5.32 Å². The number of nitrogens with zero attached hydrogens (tertiary/aromatic N) is 6. The molecule has 1 aromatic carbocycles. The Morgan fingerprint density at radius 3 is 2.59 bits per heavy atom. The quantitative estimate of drug-likeness (QED) is 0.491. The number of rotatable bonds is 4. The molecule has 0 fully saturated rings. The van der Waals surface area contributed by atoms with Crippen LogP contribution in [0.25, 0.3) is 22.4 Å². The maximum atomic E-state index is 13.2. The van der Waals surface area contributed by atoms with Gasteiger partial charge in [0.15, 0.2) is 5.82 Å². The van der Waals surface area contributed by atoms with Gasteiger partial charge < -0.3 is 5.32 Å². The minimum atomic E-state index is -4.55. The van der Waals surface area contributed by atoms with Gasteiger partial charge in [0.25, 0.3) is 0 Å². The lowest BCUT2D eigenvalue weighted by Gasteiger charge is -2.17. The molecular formula is C17H11ClF3N7S. The van der Waals surface area contributed by atoms with Crippen molar-refractivity contribution >= 4 is 39.9 Å². The molecule has 1 atom stereocenters. The van der Waals surface area contributed by atoms with Gasteiger partial charge in [-0.2, -0.15) is 17.5 Å². The van der Waals surface area contributed by atoms with Crippen molar-refractivity contribution in [3.05, 3.63) is 52.6 Å². The van der Waals surface area contributed by atoms with Gasteiger partial charge in [0.1, 0.15) is 23.3 Å². The SMILES string of the molecule is CC(Nc1ncnc2c(Cl)cc(C(F)(F)F)cc12)c1nccnc1-c1ncsn1. The topological polar surface area (TPSA) is 89.4 Å². The van der Waals surface area contributed by atoms with Crippen LogP contribution in [0, 0.1) is 0 Å². The zero-order valence-electron chi connectivity index (χ0n) is 14.6. The van der Waals surface area contributed by atoms with E-state index in [-0.39, 0.29) is 21.7 Å². The summed E-state index contributed by atoms with van der Waals surface area (Å²) >= 11 is 7.21. The van der Waals surface area contributed by atoms with Gasteiger partial charge in [-0.3, -0.25) is 4.98 Å². The highest BCUT2D eigenvalue weighted by atomic mass is 35.5. The number of hydrogen-bond acceptors (Lipinski definition) is 8. The maximum Gasteiger partial charge on any atom is 0.416 e. The first kappa shape index (κ1) is 19.4. The van der Waals surface area contributed by atoms with Crippen LogP contribution in [0.3, 0.4) is 0 Å². The zero-order chi connectivity index (χ0) is 20.6. The van der Waals surface area contributed by atoms with Gasteiger partial charge >= 0.3 is 6.18 Å². The predicted octanol–water partition coefficient (Wildman–Crippen LogP) is 4.78. The van der Waals surface area contributed by atoms with Crippen LogP contribution in [0.1, 0.15) is 24.2 Å². The van der Waals surface area contributed by atoms with E-state index in [1.165, 1.54) is 30.3 Å². The van der Waals surface area contributed by atoms with Gasteiger partial charge in [-0.1, -0.05) is 11.6 Å². The third-order valence-corrected chi connectivity index (χ3v) is 4.85. The molecule has 12 heteroatoms. The lowest BCUT2D eigenvalue weighted by Crippen LogP contribution is -2.13. The molecule has 0 radical (unpaired) electrons. The van der Waals surface area contributed by atoms with E-state index in [1.807, 2.05) is 0 Å². The lowest BCUT2D eigenvalue weighted by molar-refractivity contribution is -0.137. The van der Waals surface area contributed by atoms with E-state index in [1.54, 1.807) is 12.4 Å². The summed E-state index contributed by atoms with van der Waals surface area (Å²) in [5.41, 5.74) is 1.90. The highest BCUT2D eigenvalue weighted by molar-refractivity contribution is 7.03. The highest BCUT2D eigenvalue weighted by Crippen LogP contribution is 2.37. The summed E-state index contributed by atoms with van der Waals surface area (Å²) in [4.78, 5) is 20.9. The van der Waals surface area contributed by atoms with E-state index in [2.05, 4.69) is 34.6 Å². The van der Waals surface area contributed by atoms with E-state index in [0.717, 1.165) is 12.1 Å². The molecular weight excluding hydrogens is 427 g/mol. The summed E-state index contributed by atoms with van der Waals surface area (Å²) < 4.78 is 43.8. The molecule has 4 rings (SSSR count). The standard InChI is InChI=1S/C17H11ClF3N7S/c1-8(12-14(23-3-2-22-12)16-26-7-29-28-16)27-15-10-4-9(17(19,20)21)5-11(18)13(10)24-6-25-15/h2-8H,1H3,(H,24,25,27). The highest BCUT2D eigenvalue weighted by Gasteiger charge is 2.32. The Morgan fingerprint density at radius 1 is 1.07 bits per heavy atom. The largest absolute Gasteiger partial charge is 0.416 e. The Morgan fingerprint density at radius 2 is 1.86 bits per heavy atom. The number of halogens is 4. The molecule has 3 aromatic heterocycles. The Hall–Kier alpha value is -2.92. The van der Waals surface area contributed by atoms with Crippen LogP contribution < -0.4 is 5.32 Å². The second kappa shape index (κ2) is 7.48. The third-order valence-electron chi connectivity index (χ3n) is 4.08. The van der Waals surface area contributed by atoms with Crippen LogP contribution in [-0.2, 0) is 6.18 Å². The molecule has 4 aromatic rings. The Kier molecular flexibility index (Phi) is 5.01. The van der Waals surface area contributed by atoms with E-state index >= 15 is 0 Å². The average molecular weight is 438 g/mol. The first-order valence-corrected chi connectivity index (χ1v) is 9.41. The monoisotopic (exact) mass is 437 g/mol. The molecule has 7 nitrogen and oxygen atoms in total. The van der Waals surface area contributed by atoms with Crippen LogP contribution in [-0.4, -0.2) is 29.3 Å². The van der Waals surface area contributed by atoms with Gasteiger partial charge in [-0.15, -0.1) is 0 Å². The summed E-state index contributed by atoms with van der Waals surface area (Å²) in [5.74, 6) is 0.611. The van der Waals surface area contributed by atoms with Crippen LogP contribution in [0.4, 0.5) is 19.0 Å². The van der Waals surface area contributed by atoms with Crippen LogP contribution in [0.2, 0.25) is 5.02 Å². The first-order valence-electron chi connectivity index (χ1n) is 8.20. The minimum Gasteiger partial charge on any atom is -0.361 e. The molecule has 0 aliphatic heterocycles. The molecule has 0 saturated carbocycles. The Bertz CT molecular complexity index is 1170. The fraction of sp³-hybridized carbons (Fsp3) is 0.176. The van der Waals surface area contributed by atoms with E-state index < -0.39 is 17.8 Å². The van der Waals surface area contributed by atoms with Crippen molar-refractivity contribution in [1.82, 2.24) is 29.3 Å². The molecule has 29 heavy (non-hydrogen) atoms. The second-order valence-corrected chi connectivity index (χ2v) is 7.00. The van der Waals surface area contributed by atoms with Crippen LogP contribution >= 0.6 is 23.1 Å². The van der Waals surface area contributed by atoms with Gasteiger partial charge in [0.2, 0.25) is 0 Å². The average Bonchev–Trinajstić information content (AvgIpc) is 3.22. The molecule has 0 aliphatic carbocycles. The Labute approximate surface area is 171 Å². The normalized spacial score (nSPS) is 12.9. The molecule has 0 bridgehead atoms. The number of aromatic nitrogens is 6. The van der Waals surface area contributed by atoms with Gasteiger partial charge in [0, 0.05) is 17.8 Å². The van der Waals surface area contributed by atoms with E-state index in [0.29, 0.717) is 17.2 Å². The molecule has 1 unspecified atom stereocenters. The Balaban J connectivity index is 1.77. The zero-order valence-corrected chi connectivity index (χ0v) is 16.2. The fourth-order valence-corrected chi connectivity index (χ4v) is 3.49. The number of fused-ring (bicyclic) bond motifs is 1. The van der Waals surface area contributed by atoms with E-state index in [4.69, 9.17) is 11.6 Å². The summed E-state index contributed by atoms with van der Waals surface area (Å²) in [6.07, 6.45) is -0.289. The van der Waals surface area contributed by atoms with Crippen molar-refractivity contribution in [1.29, 1.82) is 0 Å². The summed E-state index contributed by atoms with van der Waals surface area (Å²) in [6, 6.07) is 1.35. The lowest BCUT2D eigenvalue weighted by atomic mass is 10.1. The molecule has 148 valence electrons. The van der Waals surface area contributed by atoms with Gasteiger partial charge in [-0.25, -0.2) is 19.9 Å². The van der Waals surface area contributed by atoms with E-state index in [9.17, 15) is 13.2 Å². The molecule has 0 amide bonds.